The molecule has 2 heterocycles. The maximum absolute atomic E-state index is 13.2. The predicted octanol–water partition coefficient (Wildman–Crippen LogP) is 4.10. The molecule has 0 bridgehead atoms. The molecule has 2 aromatic heterocycles. The van der Waals surface area contributed by atoms with Gasteiger partial charge in [0.25, 0.3) is 0 Å². The highest BCUT2D eigenvalue weighted by atomic mass is 32.2. The summed E-state index contributed by atoms with van der Waals surface area (Å²) >= 11 is 1.24. The highest BCUT2D eigenvalue weighted by Crippen LogP contribution is 2.34. The first-order valence-electron chi connectivity index (χ1n) is 8.69. The van der Waals surface area contributed by atoms with Crippen LogP contribution in [-0.2, 0) is 32.1 Å². The third kappa shape index (κ3) is 5.50. The Morgan fingerprint density at radius 1 is 1.19 bits per heavy atom. The Labute approximate surface area is 180 Å². The summed E-state index contributed by atoms with van der Waals surface area (Å²) in [4.78, 5) is 12.0. The van der Waals surface area contributed by atoms with E-state index in [2.05, 4.69) is 5.10 Å². The number of thioether (sulfide) groups is 1. The second-order valence-electron chi connectivity index (χ2n) is 6.46. The molecule has 7 nitrogen and oxygen atoms in total. The van der Waals surface area contributed by atoms with E-state index in [1.807, 2.05) is 0 Å². The second-order valence-corrected chi connectivity index (χ2v) is 9.29. The molecule has 0 saturated heterocycles. The minimum atomic E-state index is -4.72. The lowest BCUT2D eigenvalue weighted by Gasteiger charge is -2.06. The first-order valence-corrected chi connectivity index (χ1v) is 12.0. The van der Waals surface area contributed by atoms with E-state index < -0.39 is 34.2 Å². The van der Waals surface area contributed by atoms with Gasteiger partial charge in [-0.2, -0.15) is 18.3 Å². The van der Waals surface area contributed by atoms with Crippen molar-refractivity contribution in [1.82, 2.24) is 9.78 Å². The Morgan fingerprint density at radius 3 is 2.55 bits per heavy atom. The third-order valence-corrected chi connectivity index (χ3v) is 5.56. The predicted molar refractivity (Wildman–Crippen MR) is 108 cm³/mol. The van der Waals surface area contributed by atoms with Gasteiger partial charge in [0.1, 0.15) is 23.9 Å². The Balaban J connectivity index is 1.99. The van der Waals surface area contributed by atoms with E-state index >= 15 is 0 Å². The standard InChI is InChI=1S/C19H17F3N2O5S2/c1-30-11-28-18(25)10-24-14(9-17(23-24)19(20,21)22)16-7-6-15(29-16)12-4-3-5-13(8-12)31(2,26)27/h3-9H,10-11H2,1-2H3. The van der Waals surface area contributed by atoms with Crippen molar-refractivity contribution in [3.8, 4) is 22.8 Å². The summed E-state index contributed by atoms with van der Waals surface area (Å²) in [6.45, 7) is -0.536. The number of halogens is 3. The lowest BCUT2D eigenvalue weighted by Crippen LogP contribution is -2.16. The molecule has 12 heteroatoms. The molecule has 0 amide bonds. The zero-order valence-electron chi connectivity index (χ0n) is 16.3. The number of carbonyl (C=O) groups is 1. The Kier molecular flexibility index (Phi) is 6.51. The summed E-state index contributed by atoms with van der Waals surface area (Å²) in [6.07, 6.45) is -1.95. The number of alkyl halides is 3. The van der Waals surface area contributed by atoms with Gasteiger partial charge in [0.15, 0.2) is 21.3 Å². The number of hydrogen-bond donors (Lipinski definition) is 0. The molecule has 0 aliphatic heterocycles. The fourth-order valence-corrected chi connectivity index (χ4v) is 3.59. The Bertz CT molecular complexity index is 1200. The van der Waals surface area contributed by atoms with Crippen molar-refractivity contribution < 1.29 is 35.5 Å². The van der Waals surface area contributed by atoms with Gasteiger partial charge >= 0.3 is 12.1 Å². The van der Waals surface area contributed by atoms with E-state index in [4.69, 9.17) is 9.15 Å². The van der Waals surface area contributed by atoms with Gasteiger partial charge in [-0.1, -0.05) is 12.1 Å². The maximum Gasteiger partial charge on any atom is 0.435 e. The molecule has 0 atom stereocenters. The van der Waals surface area contributed by atoms with Crippen LogP contribution in [0.2, 0.25) is 0 Å². The largest absolute Gasteiger partial charge is 0.454 e. The molecule has 0 unspecified atom stereocenters. The molecule has 0 N–H and O–H groups in total. The summed E-state index contributed by atoms with van der Waals surface area (Å²) < 4.78 is 74.5. The van der Waals surface area contributed by atoms with Crippen molar-refractivity contribution in [2.45, 2.75) is 17.6 Å². The van der Waals surface area contributed by atoms with E-state index in [1.54, 1.807) is 12.3 Å². The van der Waals surface area contributed by atoms with Crippen molar-refractivity contribution in [3.63, 3.8) is 0 Å². The molecule has 0 radical (unpaired) electrons. The molecule has 0 aliphatic rings. The fourth-order valence-electron chi connectivity index (χ4n) is 2.68. The van der Waals surface area contributed by atoms with E-state index in [0.29, 0.717) is 5.56 Å². The number of ether oxygens (including phenoxy) is 1. The normalized spacial score (nSPS) is 12.2. The van der Waals surface area contributed by atoms with Gasteiger partial charge in [-0.25, -0.2) is 13.1 Å². The topological polar surface area (TPSA) is 91.4 Å². The molecule has 31 heavy (non-hydrogen) atoms. The van der Waals surface area contributed by atoms with Crippen LogP contribution in [-0.4, -0.2) is 42.6 Å². The average molecular weight is 474 g/mol. The van der Waals surface area contributed by atoms with Gasteiger partial charge in [-0.3, -0.25) is 4.79 Å². The molecule has 3 rings (SSSR count). The first-order chi connectivity index (χ1) is 14.5. The van der Waals surface area contributed by atoms with Crippen molar-refractivity contribution in [2.75, 3.05) is 18.5 Å². The minimum absolute atomic E-state index is 0.0282. The van der Waals surface area contributed by atoms with Crippen LogP contribution in [0.3, 0.4) is 0 Å². The highest BCUT2D eigenvalue weighted by Gasteiger charge is 2.35. The number of hydrogen-bond acceptors (Lipinski definition) is 7. The summed E-state index contributed by atoms with van der Waals surface area (Å²) in [6, 6.07) is 9.65. The molecular weight excluding hydrogens is 457 g/mol. The number of nitrogens with zero attached hydrogens (tertiary/aromatic N) is 2. The molecule has 1 aromatic carbocycles. The van der Waals surface area contributed by atoms with Crippen LogP contribution in [0.15, 0.2) is 51.8 Å². The lowest BCUT2D eigenvalue weighted by atomic mass is 10.2. The Hall–Kier alpha value is -2.73. The molecular formula is C19H17F3N2O5S2. The van der Waals surface area contributed by atoms with Crippen molar-refractivity contribution in [2.24, 2.45) is 0 Å². The number of carbonyl (C=O) groups excluding carboxylic acids is 1. The molecule has 3 aromatic rings. The Morgan fingerprint density at radius 2 is 1.90 bits per heavy atom. The zero-order chi connectivity index (χ0) is 22.8. The van der Waals surface area contributed by atoms with Crippen molar-refractivity contribution in [3.05, 3.63) is 48.2 Å². The summed E-state index contributed by atoms with van der Waals surface area (Å²) in [7, 11) is -3.45. The molecule has 166 valence electrons. The smallest absolute Gasteiger partial charge is 0.435 e. The minimum Gasteiger partial charge on any atom is -0.454 e. The molecule has 0 saturated carbocycles. The number of benzene rings is 1. The van der Waals surface area contributed by atoms with Gasteiger partial charge < -0.3 is 9.15 Å². The van der Waals surface area contributed by atoms with Crippen LogP contribution in [0.5, 0.6) is 0 Å². The highest BCUT2D eigenvalue weighted by molar-refractivity contribution is 7.98. The lowest BCUT2D eigenvalue weighted by molar-refractivity contribution is -0.144. The molecule has 0 fully saturated rings. The number of esters is 1. The van der Waals surface area contributed by atoms with Gasteiger partial charge in [0.05, 0.1) is 4.90 Å². The third-order valence-electron chi connectivity index (χ3n) is 4.09. The van der Waals surface area contributed by atoms with Gasteiger partial charge in [0, 0.05) is 11.8 Å². The number of aromatic nitrogens is 2. The van der Waals surface area contributed by atoms with Crippen LogP contribution < -0.4 is 0 Å². The van der Waals surface area contributed by atoms with E-state index in [1.165, 1.54) is 42.1 Å². The quantitative estimate of drug-likeness (QED) is 0.376. The molecule has 0 spiro atoms. The second kappa shape index (κ2) is 8.79. The summed E-state index contributed by atoms with van der Waals surface area (Å²) in [5.74, 6) is -0.421. The fraction of sp³-hybridized carbons (Fsp3) is 0.263. The van der Waals surface area contributed by atoms with Crippen LogP contribution in [0, 0.1) is 0 Å². The van der Waals surface area contributed by atoms with Gasteiger partial charge in [-0.05, 0) is 36.6 Å². The number of sulfone groups is 1. The van der Waals surface area contributed by atoms with Gasteiger partial charge in [-0.15, -0.1) is 11.8 Å². The van der Waals surface area contributed by atoms with E-state index in [9.17, 15) is 26.4 Å². The zero-order valence-corrected chi connectivity index (χ0v) is 18.0. The van der Waals surface area contributed by atoms with Crippen LogP contribution in [0.1, 0.15) is 5.69 Å². The summed E-state index contributed by atoms with van der Waals surface area (Å²) in [5, 5.41) is 3.48. The number of rotatable bonds is 7. The van der Waals surface area contributed by atoms with Gasteiger partial charge in [0.2, 0.25) is 0 Å². The van der Waals surface area contributed by atoms with Crippen molar-refractivity contribution in [1.29, 1.82) is 0 Å². The van der Waals surface area contributed by atoms with Crippen LogP contribution in [0.4, 0.5) is 13.2 Å². The van der Waals surface area contributed by atoms with Crippen LogP contribution in [0.25, 0.3) is 22.8 Å². The summed E-state index contributed by atoms with van der Waals surface area (Å²) in [5.41, 5.74) is -0.827. The van der Waals surface area contributed by atoms with E-state index in [0.717, 1.165) is 17.0 Å². The SMILES string of the molecule is CSCOC(=O)Cn1nc(C(F)(F)F)cc1-c1ccc(-c2cccc(S(C)(=O)=O)c2)o1. The van der Waals surface area contributed by atoms with Crippen molar-refractivity contribution >= 4 is 27.6 Å². The monoisotopic (exact) mass is 474 g/mol. The first kappa shape index (κ1) is 22.9. The maximum atomic E-state index is 13.2. The number of furan rings is 1. The van der Waals surface area contributed by atoms with E-state index in [-0.39, 0.29) is 28.0 Å². The average Bonchev–Trinajstić information content (AvgIpc) is 3.32. The van der Waals surface area contributed by atoms with Crippen LogP contribution >= 0.6 is 11.8 Å². The molecule has 0 aliphatic carbocycles.